The lowest BCUT2D eigenvalue weighted by Crippen LogP contribution is -2.71. The van der Waals surface area contributed by atoms with E-state index in [-0.39, 0.29) is 17.5 Å². The smallest absolute Gasteiger partial charge is 0.236 e. The molecule has 0 radical (unpaired) electrons. The van der Waals surface area contributed by atoms with Crippen LogP contribution in [-0.2, 0) is 28.5 Å². The molecule has 4 aliphatic rings. The maximum Gasteiger partial charge on any atom is 0.236 e. The lowest BCUT2D eigenvalue weighted by molar-refractivity contribution is -0.297. The average Bonchev–Trinajstić information content (AvgIpc) is 2.57. The Balaban J connectivity index is 2.28. The summed E-state index contributed by atoms with van der Waals surface area (Å²) in [4.78, 5) is 25.9. The summed E-state index contributed by atoms with van der Waals surface area (Å²) < 4.78 is 22.3. The van der Waals surface area contributed by atoms with Crippen LogP contribution in [0.5, 0.6) is 0 Å². The molecule has 0 N–H and O–H groups in total. The van der Waals surface area contributed by atoms with E-state index >= 15 is 0 Å². The Morgan fingerprint density at radius 2 is 1.42 bits per heavy atom. The van der Waals surface area contributed by atoms with Crippen molar-refractivity contribution in [2.24, 2.45) is 23.7 Å². The van der Waals surface area contributed by atoms with Crippen molar-refractivity contribution in [3.8, 4) is 0 Å². The Kier molecular flexibility index (Phi) is 4.07. The predicted octanol–water partition coefficient (Wildman–Crippen LogP) is 1.50. The van der Waals surface area contributed by atoms with Crippen LogP contribution in [0.4, 0.5) is 0 Å². The van der Waals surface area contributed by atoms with Gasteiger partial charge in [-0.15, -0.1) is 0 Å². The molecule has 0 aliphatic heterocycles. The highest BCUT2D eigenvalue weighted by molar-refractivity contribution is 6.01. The molecule has 6 heteroatoms. The maximum absolute atomic E-state index is 13.2. The number of hydrogen-bond acceptors (Lipinski definition) is 6. The molecule has 1 saturated carbocycles. The Morgan fingerprint density at radius 3 is 1.92 bits per heavy atom. The lowest BCUT2D eigenvalue weighted by atomic mass is 9.50. The van der Waals surface area contributed by atoms with E-state index < -0.39 is 29.3 Å². The van der Waals surface area contributed by atoms with Gasteiger partial charge in [-0.3, -0.25) is 9.59 Å². The number of carbonyl (C=O) groups is 2. The summed E-state index contributed by atoms with van der Waals surface area (Å²) >= 11 is 0. The minimum absolute atomic E-state index is 0.109. The van der Waals surface area contributed by atoms with E-state index in [0.717, 1.165) is 11.1 Å². The summed E-state index contributed by atoms with van der Waals surface area (Å²) in [5.41, 5.74) is 1.84. The van der Waals surface area contributed by atoms with Gasteiger partial charge in [-0.1, -0.05) is 17.2 Å². The third kappa shape index (κ3) is 1.80. The van der Waals surface area contributed by atoms with E-state index in [1.807, 2.05) is 19.9 Å². The molecule has 4 atom stereocenters. The molecule has 132 valence electrons. The molecular formula is C18H24O6. The van der Waals surface area contributed by atoms with E-state index in [1.165, 1.54) is 34.5 Å². The van der Waals surface area contributed by atoms with Crippen LogP contribution < -0.4 is 0 Å². The molecule has 4 rings (SSSR count). The molecule has 24 heavy (non-hydrogen) atoms. The zero-order valence-corrected chi connectivity index (χ0v) is 14.9. The molecule has 6 nitrogen and oxygen atoms in total. The van der Waals surface area contributed by atoms with E-state index in [2.05, 4.69) is 0 Å². The number of ether oxygens (including phenoxy) is 4. The molecule has 1 fully saturated rings. The van der Waals surface area contributed by atoms with E-state index in [1.54, 1.807) is 0 Å². The summed E-state index contributed by atoms with van der Waals surface area (Å²) in [5.74, 6) is -4.73. The number of allylic oxidation sites excluding steroid dienone is 2. The Labute approximate surface area is 141 Å². The van der Waals surface area contributed by atoms with Gasteiger partial charge < -0.3 is 18.9 Å². The van der Waals surface area contributed by atoms with Crippen LogP contribution in [0.2, 0.25) is 0 Å². The number of rotatable bonds is 4. The molecule has 0 aromatic rings. The Hall–Kier alpha value is -1.34. The summed E-state index contributed by atoms with van der Waals surface area (Å²) in [6.45, 7) is 3.82. The number of fused-ring (bicyclic) bond motifs is 1. The molecule has 0 amide bonds. The van der Waals surface area contributed by atoms with Crippen molar-refractivity contribution in [3.63, 3.8) is 0 Å². The molecule has 2 bridgehead atoms. The topological polar surface area (TPSA) is 71.1 Å². The van der Waals surface area contributed by atoms with Gasteiger partial charge in [0.1, 0.15) is 0 Å². The van der Waals surface area contributed by atoms with Crippen LogP contribution in [-0.4, -0.2) is 51.6 Å². The second-order valence-corrected chi connectivity index (χ2v) is 6.73. The van der Waals surface area contributed by atoms with Crippen molar-refractivity contribution in [1.29, 1.82) is 0 Å². The average molecular weight is 336 g/mol. The van der Waals surface area contributed by atoms with Gasteiger partial charge in [0, 0.05) is 46.2 Å². The second kappa shape index (κ2) is 5.59. The predicted molar refractivity (Wildman–Crippen MR) is 85.0 cm³/mol. The SMILES string of the molecule is COC1(OC)C(=O)C=C(C)[C@@H]2[C@@H]3C(=O)C(OC)(OC)[C@@H](C=C3C)[C@@H]21. The molecule has 0 aromatic carbocycles. The van der Waals surface area contributed by atoms with Gasteiger partial charge in [0.25, 0.3) is 0 Å². The molecule has 0 spiro atoms. The van der Waals surface area contributed by atoms with E-state index in [9.17, 15) is 9.59 Å². The summed E-state index contributed by atoms with van der Waals surface area (Å²) in [6.07, 6.45) is 3.51. The van der Waals surface area contributed by atoms with Crippen LogP contribution >= 0.6 is 0 Å². The van der Waals surface area contributed by atoms with Gasteiger partial charge in [0.05, 0.1) is 5.92 Å². The van der Waals surface area contributed by atoms with Crippen LogP contribution in [0, 0.1) is 23.7 Å². The monoisotopic (exact) mass is 336 g/mol. The molecule has 0 heterocycles. The van der Waals surface area contributed by atoms with Gasteiger partial charge >= 0.3 is 0 Å². The largest absolute Gasteiger partial charge is 0.347 e. The van der Waals surface area contributed by atoms with Crippen LogP contribution in [0.15, 0.2) is 23.3 Å². The van der Waals surface area contributed by atoms with Gasteiger partial charge in [0.15, 0.2) is 5.78 Å². The van der Waals surface area contributed by atoms with Crippen LogP contribution in [0.25, 0.3) is 0 Å². The highest BCUT2D eigenvalue weighted by Crippen LogP contribution is 2.59. The van der Waals surface area contributed by atoms with Crippen molar-refractivity contribution in [1.82, 2.24) is 0 Å². The summed E-state index contributed by atoms with van der Waals surface area (Å²) in [6, 6.07) is 0. The Bertz CT molecular complexity index is 638. The molecule has 4 aliphatic carbocycles. The molecular weight excluding hydrogens is 312 g/mol. The van der Waals surface area contributed by atoms with E-state index in [0.29, 0.717) is 0 Å². The first-order chi connectivity index (χ1) is 11.3. The van der Waals surface area contributed by atoms with Gasteiger partial charge in [-0.05, 0) is 19.9 Å². The van der Waals surface area contributed by atoms with Crippen LogP contribution in [0.3, 0.4) is 0 Å². The van der Waals surface area contributed by atoms with Crippen molar-refractivity contribution in [2.45, 2.75) is 25.4 Å². The van der Waals surface area contributed by atoms with Crippen molar-refractivity contribution >= 4 is 11.6 Å². The number of hydrogen-bond donors (Lipinski definition) is 0. The first-order valence-corrected chi connectivity index (χ1v) is 8.00. The lowest BCUT2D eigenvalue weighted by Gasteiger charge is -2.59. The normalized spacial score (nSPS) is 36.2. The first kappa shape index (κ1) is 17.5. The van der Waals surface area contributed by atoms with Gasteiger partial charge in [0.2, 0.25) is 17.4 Å². The van der Waals surface area contributed by atoms with Gasteiger partial charge in [-0.25, -0.2) is 0 Å². The number of methoxy groups -OCH3 is 4. The van der Waals surface area contributed by atoms with Gasteiger partial charge in [-0.2, -0.15) is 0 Å². The maximum atomic E-state index is 13.2. The van der Waals surface area contributed by atoms with Crippen molar-refractivity contribution < 1.29 is 28.5 Å². The Morgan fingerprint density at radius 1 is 0.875 bits per heavy atom. The first-order valence-electron chi connectivity index (χ1n) is 8.00. The third-order valence-corrected chi connectivity index (χ3v) is 6.01. The quantitative estimate of drug-likeness (QED) is 0.572. The molecule has 0 unspecified atom stereocenters. The van der Waals surface area contributed by atoms with Crippen LogP contribution in [0.1, 0.15) is 13.8 Å². The fraction of sp³-hybridized carbons (Fsp3) is 0.667. The highest BCUT2D eigenvalue weighted by Gasteiger charge is 2.70. The van der Waals surface area contributed by atoms with Crippen molar-refractivity contribution in [2.75, 3.05) is 28.4 Å². The zero-order valence-electron chi connectivity index (χ0n) is 14.9. The number of ketones is 2. The fourth-order valence-corrected chi connectivity index (χ4v) is 5.00. The zero-order chi connectivity index (χ0) is 17.9. The minimum atomic E-state index is -1.45. The van der Waals surface area contributed by atoms with Crippen molar-refractivity contribution in [3.05, 3.63) is 23.3 Å². The highest BCUT2D eigenvalue weighted by atomic mass is 16.7. The molecule has 0 saturated heterocycles. The number of carbonyl (C=O) groups excluding carboxylic acids is 2. The second-order valence-electron chi connectivity index (χ2n) is 6.73. The standard InChI is InChI=1S/C18H24O6/c1-9-7-11-15-13(14(9)16(20)17(11,21-3)22-4)10(2)8-12(19)18(15,23-5)24-6/h7-8,11,13-15H,1-6H3/t11-,13+,14+,15-/m0/s1. The van der Waals surface area contributed by atoms with E-state index in [4.69, 9.17) is 18.9 Å². The fourth-order valence-electron chi connectivity index (χ4n) is 5.00. The molecule has 0 aromatic heterocycles. The third-order valence-electron chi connectivity index (χ3n) is 6.01. The summed E-state index contributed by atoms with van der Waals surface area (Å²) in [7, 11) is 5.81. The summed E-state index contributed by atoms with van der Waals surface area (Å²) in [5, 5.41) is 0. The number of Topliss-reactive ketones (excluding diaryl/α,β-unsaturated/α-hetero) is 1. The minimum Gasteiger partial charge on any atom is -0.347 e.